The largest absolute Gasteiger partial charge is 0.476 e. The SMILES string of the molecule is Cc1c(Nc2nc3ccccc3s2)nnc2c1CCCN2c1ccc(-c2cnn(CC34CC5(C)CC(C)(C3)CC(OCC[N+](C)(C)Cc3ccc(NC(=O)[C@H](CCCNC(N)=O)NC(=O)[C@@H](NC(=O)CCOCCN6C(=O)C=CC6=O)C(C)C)cc3CN(C)C(=O)C3CC(OC(=O)NS(=O)(=O)NCCOCCOCCO[C@@H]6O[C@H](CO)[C@@H](O)[C@H](O)[C@H]6O)C3)(C5)C4)c2C)c(C(=O)O)n1. The molecule has 718 valence electrons. The van der Waals surface area contributed by atoms with Gasteiger partial charge >= 0.3 is 28.3 Å². The summed E-state index contributed by atoms with van der Waals surface area (Å²) in [4.78, 5) is 133. The molecule has 5 saturated carbocycles. The third-order valence-electron chi connectivity index (χ3n) is 25.7. The molecule has 0 radical (unpaired) electrons. The number of thiazole rings is 1. The highest BCUT2D eigenvalue weighted by Crippen LogP contribution is 2.72. The minimum atomic E-state index is -4.43. The number of nitrogens with two attached hydrogens (primary N) is 1. The van der Waals surface area contributed by atoms with Crippen LogP contribution in [-0.4, -0.2) is 300 Å². The molecule has 2 unspecified atom stereocenters. The molecular formula is C89H123N18O23S2+. The highest BCUT2D eigenvalue weighted by atomic mass is 32.2. The van der Waals surface area contributed by atoms with E-state index in [1.165, 1.54) is 16.2 Å². The molecule has 9 amide bonds. The summed E-state index contributed by atoms with van der Waals surface area (Å²) >= 11 is 1.53. The predicted molar refractivity (Wildman–Crippen MR) is 481 cm³/mol. The average molecular weight is 1880 g/mol. The number of fused-ring (bicyclic) bond motifs is 2. The lowest BCUT2D eigenvalue weighted by molar-refractivity contribution is -0.904. The number of primary amides is 1. The summed E-state index contributed by atoms with van der Waals surface area (Å²) in [5.41, 5.74) is 11.0. The number of likely N-dealkylation sites (N-methyl/N-ethyl adjacent to an activating group) is 1. The van der Waals surface area contributed by atoms with Gasteiger partial charge in [0.2, 0.25) is 23.6 Å². The van der Waals surface area contributed by atoms with Gasteiger partial charge in [0, 0.05) is 103 Å². The minimum Gasteiger partial charge on any atom is -0.476 e. The lowest BCUT2D eigenvalue weighted by atomic mass is 9.39. The summed E-state index contributed by atoms with van der Waals surface area (Å²) in [6.07, 6.45) is 2.02. The van der Waals surface area contributed by atoms with Crippen molar-refractivity contribution in [2.45, 2.75) is 199 Å². The van der Waals surface area contributed by atoms with Crippen LogP contribution < -0.4 is 46.7 Å². The second-order valence-corrected chi connectivity index (χ2v) is 40.0. The van der Waals surface area contributed by atoms with Gasteiger partial charge in [0.05, 0.1) is 102 Å². The van der Waals surface area contributed by atoms with Crippen LogP contribution >= 0.6 is 11.3 Å². The Morgan fingerprint density at radius 3 is 2.23 bits per heavy atom. The van der Waals surface area contributed by atoms with E-state index in [2.05, 4.69) is 64.3 Å². The first-order valence-corrected chi connectivity index (χ1v) is 47.0. The Labute approximate surface area is 769 Å². The number of quaternary nitrogens is 1. The van der Waals surface area contributed by atoms with Gasteiger partial charge in [0.1, 0.15) is 61.5 Å². The zero-order chi connectivity index (χ0) is 94.8. The zero-order valence-corrected chi connectivity index (χ0v) is 77.5. The summed E-state index contributed by atoms with van der Waals surface area (Å²) in [6, 6.07) is 13.8. The molecule has 9 atom stereocenters. The number of hydrogen-bond acceptors (Lipinski definition) is 30. The monoisotopic (exact) mass is 1880 g/mol. The lowest BCUT2D eigenvalue weighted by Gasteiger charge is -2.69. The Hall–Kier alpha value is -10.4. The second kappa shape index (κ2) is 42.5. The fourth-order valence-corrected chi connectivity index (χ4v) is 21.8. The number of benzene rings is 2. The first-order chi connectivity index (χ1) is 62.7. The van der Waals surface area contributed by atoms with Crippen LogP contribution in [0.25, 0.3) is 21.3 Å². The highest BCUT2D eigenvalue weighted by Gasteiger charge is 2.66. The van der Waals surface area contributed by atoms with E-state index in [1.807, 2.05) is 70.6 Å². The van der Waals surface area contributed by atoms with Gasteiger partial charge < -0.3 is 105 Å². The summed E-state index contributed by atoms with van der Waals surface area (Å²) in [7, 11) is 1.38. The number of nitrogens with zero attached hydrogens (tertiary/aromatic N) is 10. The van der Waals surface area contributed by atoms with Gasteiger partial charge in [0.25, 0.3) is 11.8 Å². The number of imide groups is 1. The van der Waals surface area contributed by atoms with E-state index in [4.69, 9.17) is 59.1 Å². The molecule has 4 bridgehead atoms. The molecule has 14 rings (SSSR count). The van der Waals surface area contributed by atoms with Crippen LogP contribution in [0.1, 0.15) is 143 Å². The molecule has 41 nitrogen and oxygen atoms in total. The Bertz CT molecular complexity index is 5290. The Morgan fingerprint density at radius 2 is 1.52 bits per heavy atom. The van der Waals surface area contributed by atoms with Gasteiger partial charge in [-0.05, 0) is 155 Å². The molecule has 14 N–H and O–H groups in total. The number of ether oxygens (including phenoxy) is 7. The van der Waals surface area contributed by atoms with E-state index in [-0.39, 0.29) is 132 Å². The molecule has 7 heterocycles. The summed E-state index contributed by atoms with van der Waals surface area (Å²) in [6.45, 7) is 13.7. The van der Waals surface area contributed by atoms with Crippen LogP contribution in [0.3, 0.4) is 0 Å². The van der Waals surface area contributed by atoms with Crippen LogP contribution in [0.2, 0.25) is 0 Å². The fraction of sp³-hybridized carbons (Fsp3) is 0.596. The van der Waals surface area contributed by atoms with Gasteiger partial charge in [-0.2, -0.15) is 18.2 Å². The van der Waals surface area contributed by atoms with E-state index < -0.39 is 131 Å². The number of aliphatic hydroxyl groups is 4. The average Bonchev–Trinajstić information content (AvgIpc) is 0.817. The number of amides is 9. The molecule has 8 aliphatic rings. The number of aliphatic hydroxyl groups excluding tert-OH is 4. The van der Waals surface area contributed by atoms with Gasteiger partial charge in [0.15, 0.2) is 28.8 Å². The third-order valence-corrected chi connectivity index (χ3v) is 27.6. The first-order valence-electron chi connectivity index (χ1n) is 44.7. The molecule has 4 aromatic heterocycles. The summed E-state index contributed by atoms with van der Waals surface area (Å²) in [5, 5.41) is 79.9. The number of carbonyl (C=O) groups is 9. The van der Waals surface area contributed by atoms with Crippen molar-refractivity contribution in [3.8, 4) is 11.1 Å². The van der Waals surface area contributed by atoms with Crippen LogP contribution in [0.5, 0.6) is 0 Å². The zero-order valence-electron chi connectivity index (χ0n) is 75.9. The van der Waals surface area contributed by atoms with Crippen LogP contribution in [0, 0.1) is 41.9 Å². The number of carboxylic acid groups (broad SMARTS) is 1. The quantitative estimate of drug-likeness (QED) is 0.0143. The molecule has 43 heteroatoms. The lowest BCUT2D eigenvalue weighted by Crippen LogP contribution is -2.64. The molecule has 0 spiro atoms. The molecule has 5 aliphatic carbocycles. The number of carbonyl (C=O) groups excluding carboxylic acids is 8. The van der Waals surface area contributed by atoms with Crippen molar-refractivity contribution < 1.29 is 115 Å². The van der Waals surface area contributed by atoms with E-state index in [9.17, 15) is 77.1 Å². The second-order valence-electron chi connectivity index (χ2n) is 37.5. The predicted octanol–water partition coefficient (Wildman–Crippen LogP) is 4.39. The number of aromatic nitrogens is 6. The number of nitrogens with one attached hydrogen (secondary N) is 7. The summed E-state index contributed by atoms with van der Waals surface area (Å²) < 4.78 is 73.1. The van der Waals surface area contributed by atoms with E-state index >= 15 is 0 Å². The van der Waals surface area contributed by atoms with Gasteiger partial charge in [-0.3, -0.25) is 38.3 Å². The van der Waals surface area contributed by atoms with Crippen molar-refractivity contribution >= 4 is 114 Å². The van der Waals surface area contributed by atoms with Gasteiger partial charge in [-0.15, -0.1) is 10.2 Å². The van der Waals surface area contributed by atoms with Crippen LogP contribution in [0.4, 0.5) is 37.9 Å². The maximum atomic E-state index is 14.7. The summed E-state index contributed by atoms with van der Waals surface area (Å²) in [5.74, 6) is -3.71. The van der Waals surface area contributed by atoms with Crippen molar-refractivity contribution in [3.63, 3.8) is 0 Å². The number of para-hydroxylation sites is 1. The number of anilines is 5. The van der Waals surface area contributed by atoms with Crippen molar-refractivity contribution in [1.29, 1.82) is 0 Å². The minimum absolute atomic E-state index is 0.00673. The number of aromatic carboxylic acids is 1. The number of carboxylic acids is 1. The fourth-order valence-electron chi connectivity index (χ4n) is 20.3. The standard InChI is InChI=1S/C89H122N18O23S2/c1-52(2)71(98-68(109)24-30-124-32-28-105-69(110)22-23-70(105)111)79(116)95-64(16-12-25-91-83(90)120)78(115)94-58-19-18-55(57(38-58)42-103(7)80(117)56-39-59(40-56)129-85(121)102-132(122,123)93-26-31-125-34-35-126-36-37-127-82-75(114)74(113)73(112)65(44-108)130-82)43-107(8,9)29-33-128-89-48-86(5)45-87(6,49-89)47-88(46-86,50-89)51-106-54(4)62(41-92-106)61-20-21-67(97-72(61)81(118)119)104-27-13-14-60-53(3)76(100-101-77(60)104)99-84-96-63-15-10-11-17-66(63)131-84/h10-11,15,17-23,38,41,52,56,59,64-65,71,73-75,82,93,108,112-114H,12-14,16,24-37,39-40,42-51H2,1-9H3,(H8-,90,91,94,95,96,98,99,100,102,109,115,116,118,119,120,121)/p+1/t56?,59?,64-,65+,71-,73+,74-,75+,82+,86?,87?,88?,89?/m0/s1. The third kappa shape index (κ3) is 24.6. The molecule has 2 aromatic carbocycles. The van der Waals surface area contributed by atoms with Crippen LogP contribution in [0.15, 0.2) is 72.9 Å². The van der Waals surface area contributed by atoms with Crippen molar-refractivity contribution in [1.82, 2.24) is 65.1 Å². The number of urea groups is 1. The molecular weight excluding hydrogens is 1750 g/mol. The Balaban J connectivity index is 0.648. The van der Waals surface area contributed by atoms with E-state index in [1.54, 1.807) is 39.2 Å². The normalized spacial score (nSPS) is 24.2. The smallest absolute Gasteiger partial charge is 0.422 e. The van der Waals surface area contributed by atoms with E-state index in [0.717, 1.165) is 101 Å². The van der Waals surface area contributed by atoms with Gasteiger partial charge in [-0.1, -0.05) is 57.2 Å². The van der Waals surface area contributed by atoms with E-state index in [0.29, 0.717) is 82.2 Å². The highest BCUT2D eigenvalue weighted by molar-refractivity contribution is 7.88. The maximum Gasteiger partial charge on any atom is 0.422 e. The topological polar surface area (TPSA) is 543 Å². The Kier molecular flexibility index (Phi) is 31.9. The molecule has 1 saturated heterocycles. The first kappa shape index (κ1) is 99.1. The number of pyridine rings is 1. The van der Waals surface area contributed by atoms with Crippen molar-refractivity contribution in [2.24, 2.45) is 33.8 Å². The van der Waals surface area contributed by atoms with Crippen LogP contribution in [-0.2, 0) is 98.2 Å². The number of rotatable bonds is 46. The van der Waals surface area contributed by atoms with Gasteiger partial charge in [-0.25, -0.2) is 29.1 Å². The molecule has 6 aromatic rings. The van der Waals surface area contributed by atoms with Crippen molar-refractivity contribution in [3.05, 3.63) is 107 Å². The van der Waals surface area contributed by atoms with Crippen molar-refractivity contribution in [2.75, 3.05) is 129 Å². The molecule has 132 heavy (non-hydrogen) atoms. The number of hydrogen-bond donors (Lipinski definition) is 13. The maximum absolute atomic E-state index is 14.7. The molecule has 3 aliphatic heterocycles. The molecule has 6 fully saturated rings. The Morgan fingerprint density at radius 1 is 0.803 bits per heavy atom.